The predicted molar refractivity (Wildman–Crippen MR) is 80.0 cm³/mol. The van der Waals surface area contributed by atoms with Crippen molar-refractivity contribution in [2.24, 2.45) is 5.92 Å². The molecule has 1 fully saturated rings. The van der Waals surface area contributed by atoms with E-state index in [1.54, 1.807) is 6.92 Å². The zero-order valence-electron chi connectivity index (χ0n) is 11.4. The summed E-state index contributed by atoms with van der Waals surface area (Å²) in [6.07, 6.45) is 2.17. The quantitative estimate of drug-likeness (QED) is 0.887. The first kappa shape index (κ1) is 13.9. The number of rotatable bonds is 2. The third-order valence-electron chi connectivity index (χ3n) is 3.88. The van der Waals surface area contributed by atoms with Gasteiger partial charge in [0, 0.05) is 17.1 Å². The van der Waals surface area contributed by atoms with Crippen molar-refractivity contribution in [1.29, 1.82) is 0 Å². The minimum absolute atomic E-state index is 0.409. The lowest BCUT2D eigenvalue weighted by molar-refractivity contribution is 0.199. The number of aliphatic hydroxyl groups is 1. The Morgan fingerprint density at radius 3 is 2.67 bits per heavy atom. The van der Waals surface area contributed by atoms with Crippen molar-refractivity contribution in [2.45, 2.75) is 45.8 Å². The molecule has 1 aromatic carbocycles. The second-order valence-electron chi connectivity index (χ2n) is 5.57. The SMILES string of the molecule is CC1CCC(C)N(c2ccc(C(C)O)cc2Br)C1. The summed E-state index contributed by atoms with van der Waals surface area (Å²) < 4.78 is 1.09. The molecule has 1 N–H and O–H groups in total. The summed E-state index contributed by atoms with van der Waals surface area (Å²) in [5, 5.41) is 9.61. The second kappa shape index (κ2) is 5.62. The van der Waals surface area contributed by atoms with Crippen molar-refractivity contribution in [3.63, 3.8) is 0 Å². The highest BCUT2D eigenvalue weighted by Gasteiger charge is 2.24. The van der Waals surface area contributed by atoms with Crippen LogP contribution in [0.3, 0.4) is 0 Å². The third kappa shape index (κ3) is 2.89. The van der Waals surface area contributed by atoms with E-state index in [1.807, 2.05) is 12.1 Å². The highest BCUT2D eigenvalue weighted by molar-refractivity contribution is 9.10. The molecular weight excluding hydrogens is 290 g/mol. The van der Waals surface area contributed by atoms with Gasteiger partial charge in [-0.2, -0.15) is 0 Å². The number of aliphatic hydroxyl groups excluding tert-OH is 1. The van der Waals surface area contributed by atoms with Gasteiger partial charge in [-0.15, -0.1) is 0 Å². The van der Waals surface area contributed by atoms with E-state index in [4.69, 9.17) is 0 Å². The van der Waals surface area contributed by atoms with Crippen LogP contribution in [0.15, 0.2) is 22.7 Å². The van der Waals surface area contributed by atoms with Crippen molar-refractivity contribution in [2.75, 3.05) is 11.4 Å². The lowest BCUT2D eigenvalue weighted by Crippen LogP contribution is -2.41. The van der Waals surface area contributed by atoms with Gasteiger partial charge in [0.1, 0.15) is 0 Å². The van der Waals surface area contributed by atoms with Crippen LogP contribution < -0.4 is 4.90 Å². The maximum absolute atomic E-state index is 9.61. The molecule has 18 heavy (non-hydrogen) atoms. The molecule has 0 aliphatic carbocycles. The number of piperidine rings is 1. The predicted octanol–water partition coefficient (Wildman–Crippen LogP) is 4.13. The number of benzene rings is 1. The van der Waals surface area contributed by atoms with Gasteiger partial charge in [0.2, 0.25) is 0 Å². The lowest BCUT2D eigenvalue weighted by Gasteiger charge is -2.39. The van der Waals surface area contributed by atoms with E-state index in [1.165, 1.54) is 18.5 Å². The van der Waals surface area contributed by atoms with Crippen LogP contribution in [0.5, 0.6) is 0 Å². The van der Waals surface area contributed by atoms with Crippen LogP contribution in [0.25, 0.3) is 0 Å². The summed E-state index contributed by atoms with van der Waals surface area (Å²) in [6.45, 7) is 7.53. The summed E-state index contributed by atoms with van der Waals surface area (Å²) >= 11 is 3.65. The zero-order chi connectivity index (χ0) is 13.3. The molecule has 0 amide bonds. The Hall–Kier alpha value is -0.540. The molecule has 0 saturated carbocycles. The number of anilines is 1. The van der Waals surface area contributed by atoms with E-state index >= 15 is 0 Å². The van der Waals surface area contributed by atoms with Gasteiger partial charge in [-0.25, -0.2) is 0 Å². The topological polar surface area (TPSA) is 23.5 Å². The Morgan fingerprint density at radius 2 is 2.06 bits per heavy atom. The highest BCUT2D eigenvalue weighted by Crippen LogP contribution is 2.34. The normalized spacial score (nSPS) is 26.2. The molecule has 0 aromatic heterocycles. The fraction of sp³-hybridized carbons (Fsp3) is 0.600. The van der Waals surface area contributed by atoms with Crippen molar-refractivity contribution in [1.82, 2.24) is 0 Å². The molecular formula is C15H22BrNO. The Balaban J connectivity index is 2.27. The molecule has 1 aromatic rings. The van der Waals surface area contributed by atoms with E-state index in [0.717, 1.165) is 22.5 Å². The summed E-state index contributed by atoms with van der Waals surface area (Å²) in [4.78, 5) is 2.48. The smallest absolute Gasteiger partial charge is 0.0762 e. The van der Waals surface area contributed by atoms with Crippen LogP contribution in [-0.4, -0.2) is 17.7 Å². The molecule has 1 heterocycles. The molecule has 1 aliphatic heterocycles. The van der Waals surface area contributed by atoms with Crippen molar-refractivity contribution in [3.05, 3.63) is 28.2 Å². The first-order valence-electron chi connectivity index (χ1n) is 6.73. The first-order valence-corrected chi connectivity index (χ1v) is 7.52. The van der Waals surface area contributed by atoms with E-state index in [0.29, 0.717) is 6.04 Å². The summed E-state index contributed by atoms with van der Waals surface area (Å²) in [6, 6.07) is 6.78. The molecule has 3 atom stereocenters. The van der Waals surface area contributed by atoms with Crippen LogP contribution in [0.4, 0.5) is 5.69 Å². The summed E-state index contributed by atoms with van der Waals surface area (Å²) in [5.74, 6) is 0.754. The second-order valence-corrected chi connectivity index (χ2v) is 6.43. The molecule has 1 saturated heterocycles. The minimum atomic E-state index is -0.409. The van der Waals surface area contributed by atoms with Crippen molar-refractivity contribution >= 4 is 21.6 Å². The monoisotopic (exact) mass is 311 g/mol. The molecule has 2 nitrogen and oxygen atoms in total. The van der Waals surface area contributed by atoms with E-state index in [9.17, 15) is 5.11 Å². The van der Waals surface area contributed by atoms with Gasteiger partial charge in [-0.05, 0) is 66.2 Å². The van der Waals surface area contributed by atoms with Gasteiger partial charge in [0.05, 0.1) is 11.8 Å². The van der Waals surface area contributed by atoms with E-state index < -0.39 is 6.10 Å². The Kier molecular flexibility index (Phi) is 4.33. The van der Waals surface area contributed by atoms with Crippen LogP contribution in [-0.2, 0) is 0 Å². The molecule has 0 bridgehead atoms. The van der Waals surface area contributed by atoms with E-state index in [-0.39, 0.29) is 0 Å². The Labute approximate surface area is 118 Å². The average Bonchev–Trinajstić information content (AvgIpc) is 2.32. The number of halogens is 1. The first-order chi connectivity index (χ1) is 8.49. The zero-order valence-corrected chi connectivity index (χ0v) is 12.9. The fourth-order valence-corrected chi connectivity index (χ4v) is 3.26. The standard InChI is InChI=1S/C15H22BrNO/c1-10-4-5-11(2)17(9-10)15-7-6-13(12(3)18)8-14(15)16/h6-8,10-12,18H,4-5,9H2,1-3H3. The van der Waals surface area contributed by atoms with Crippen LogP contribution in [0.1, 0.15) is 45.3 Å². The highest BCUT2D eigenvalue weighted by atomic mass is 79.9. The summed E-state index contributed by atoms with van der Waals surface area (Å²) in [7, 11) is 0. The van der Waals surface area contributed by atoms with Gasteiger partial charge in [0.15, 0.2) is 0 Å². The van der Waals surface area contributed by atoms with Crippen LogP contribution in [0.2, 0.25) is 0 Å². The average molecular weight is 312 g/mol. The molecule has 3 unspecified atom stereocenters. The van der Waals surface area contributed by atoms with Gasteiger partial charge >= 0.3 is 0 Å². The fourth-order valence-electron chi connectivity index (χ4n) is 2.64. The minimum Gasteiger partial charge on any atom is -0.389 e. The largest absolute Gasteiger partial charge is 0.389 e. The van der Waals surface area contributed by atoms with Crippen molar-refractivity contribution < 1.29 is 5.11 Å². The van der Waals surface area contributed by atoms with Crippen molar-refractivity contribution in [3.8, 4) is 0 Å². The Bertz CT molecular complexity index is 419. The van der Waals surface area contributed by atoms with Crippen LogP contribution in [0, 0.1) is 5.92 Å². The maximum atomic E-state index is 9.61. The molecule has 0 radical (unpaired) electrons. The van der Waals surface area contributed by atoms with Gasteiger partial charge in [-0.1, -0.05) is 13.0 Å². The van der Waals surface area contributed by atoms with Gasteiger partial charge in [-0.3, -0.25) is 0 Å². The van der Waals surface area contributed by atoms with Crippen LogP contribution >= 0.6 is 15.9 Å². The molecule has 2 rings (SSSR count). The Morgan fingerprint density at radius 1 is 1.33 bits per heavy atom. The van der Waals surface area contributed by atoms with E-state index in [2.05, 4.69) is 40.7 Å². The number of hydrogen-bond acceptors (Lipinski definition) is 2. The van der Waals surface area contributed by atoms with Gasteiger partial charge in [0.25, 0.3) is 0 Å². The molecule has 0 spiro atoms. The third-order valence-corrected chi connectivity index (χ3v) is 4.52. The summed E-state index contributed by atoms with van der Waals surface area (Å²) in [5.41, 5.74) is 2.21. The number of nitrogens with zero attached hydrogens (tertiary/aromatic N) is 1. The molecule has 100 valence electrons. The molecule has 1 aliphatic rings. The number of hydrogen-bond donors (Lipinski definition) is 1. The maximum Gasteiger partial charge on any atom is 0.0762 e. The molecule has 3 heteroatoms. The van der Waals surface area contributed by atoms with Gasteiger partial charge < -0.3 is 10.0 Å². The lowest BCUT2D eigenvalue weighted by atomic mass is 9.94.